The molecular weight excluding hydrogens is 346 g/mol. The van der Waals surface area contributed by atoms with E-state index in [-0.39, 0.29) is 0 Å². The first-order valence-electron chi connectivity index (χ1n) is 6.58. The number of rotatable bonds is 5. The molecule has 0 fully saturated rings. The second kappa shape index (κ2) is 8.78. The minimum absolute atomic E-state index is 0.380. The van der Waals surface area contributed by atoms with Gasteiger partial charge in [0.25, 0.3) is 0 Å². The third-order valence-electron chi connectivity index (χ3n) is 2.61. The van der Waals surface area contributed by atoms with Gasteiger partial charge in [-0.25, -0.2) is 0 Å². The third-order valence-corrected chi connectivity index (χ3v) is 4.06. The maximum Gasteiger partial charge on any atom is 0.119 e. The number of hydrogen-bond donors (Lipinski definition) is 1. The van der Waals surface area contributed by atoms with Gasteiger partial charge in [-0.3, -0.25) is 0 Å². The van der Waals surface area contributed by atoms with Crippen LogP contribution in [0, 0.1) is 11.8 Å². The minimum Gasteiger partial charge on any atom is -0.493 e. The lowest BCUT2D eigenvalue weighted by Gasteiger charge is -2.06. The molecule has 2 rings (SSSR count). The highest BCUT2D eigenvalue weighted by Crippen LogP contribution is 2.22. The van der Waals surface area contributed by atoms with E-state index in [2.05, 4.69) is 39.9 Å². The Kier molecular flexibility index (Phi) is 6.68. The van der Waals surface area contributed by atoms with Crippen molar-refractivity contribution in [3.63, 3.8) is 0 Å². The summed E-state index contributed by atoms with van der Waals surface area (Å²) >= 11 is 5.25. The van der Waals surface area contributed by atoms with Crippen LogP contribution in [0.3, 0.4) is 0 Å². The maximum atomic E-state index is 5.71. The number of thioether (sulfide) groups is 1. The Labute approximate surface area is 138 Å². The molecule has 0 unspecified atom stereocenters. The summed E-state index contributed by atoms with van der Waals surface area (Å²) in [5.41, 5.74) is 6.30. The van der Waals surface area contributed by atoms with Crippen LogP contribution in [0.2, 0.25) is 0 Å². The van der Waals surface area contributed by atoms with Gasteiger partial charge in [0.15, 0.2) is 0 Å². The van der Waals surface area contributed by atoms with Crippen LogP contribution in [0.5, 0.6) is 5.75 Å². The summed E-state index contributed by atoms with van der Waals surface area (Å²) in [6.45, 7) is 1.05. The van der Waals surface area contributed by atoms with Gasteiger partial charge in [0.05, 0.1) is 13.2 Å². The molecule has 108 valence electrons. The fourth-order valence-corrected chi connectivity index (χ4v) is 3.00. The van der Waals surface area contributed by atoms with Gasteiger partial charge in [-0.05, 0) is 42.5 Å². The Bertz CT molecular complexity index is 631. The van der Waals surface area contributed by atoms with E-state index in [1.165, 1.54) is 4.90 Å². The van der Waals surface area contributed by atoms with Gasteiger partial charge in [-0.1, -0.05) is 33.8 Å². The largest absolute Gasteiger partial charge is 0.493 e. The highest BCUT2D eigenvalue weighted by atomic mass is 79.9. The maximum absolute atomic E-state index is 5.71. The third kappa shape index (κ3) is 5.84. The van der Waals surface area contributed by atoms with Crippen molar-refractivity contribution in [2.45, 2.75) is 4.90 Å². The van der Waals surface area contributed by atoms with E-state index < -0.39 is 0 Å². The van der Waals surface area contributed by atoms with Gasteiger partial charge < -0.3 is 10.5 Å². The smallest absolute Gasteiger partial charge is 0.119 e. The number of benzene rings is 2. The molecule has 0 saturated heterocycles. The first kappa shape index (κ1) is 16.0. The van der Waals surface area contributed by atoms with Crippen LogP contribution in [-0.4, -0.2) is 18.9 Å². The summed E-state index contributed by atoms with van der Waals surface area (Å²) in [5, 5.41) is 0. The van der Waals surface area contributed by atoms with Crippen LogP contribution in [0.4, 0.5) is 0 Å². The van der Waals surface area contributed by atoms with E-state index in [1.54, 1.807) is 11.8 Å². The molecule has 2 aromatic carbocycles. The van der Waals surface area contributed by atoms with Crippen molar-refractivity contribution in [2.75, 3.05) is 18.9 Å². The molecular formula is C17H16BrNOS. The molecule has 0 bridgehead atoms. The molecule has 4 heteroatoms. The van der Waals surface area contributed by atoms with Crippen LogP contribution >= 0.6 is 27.7 Å². The van der Waals surface area contributed by atoms with Crippen molar-refractivity contribution >= 4 is 27.7 Å². The summed E-state index contributed by atoms with van der Waals surface area (Å²) in [6, 6.07) is 16.0. The zero-order valence-corrected chi connectivity index (χ0v) is 13.9. The Balaban J connectivity index is 1.76. The van der Waals surface area contributed by atoms with E-state index >= 15 is 0 Å². The molecule has 0 spiro atoms. The Hall–Kier alpha value is -1.41. The number of halogens is 1. The zero-order valence-electron chi connectivity index (χ0n) is 11.5. The van der Waals surface area contributed by atoms with Crippen LogP contribution in [0.1, 0.15) is 5.56 Å². The molecule has 0 atom stereocenters. The average Bonchev–Trinajstić information content (AvgIpc) is 2.51. The van der Waals surface area contributed by atoms with E-state index in [0.29, 0.717) is 13.2 Å². The first-order valence-corrected chi connectivity index (χ1v) is 8.36. The monoisotopic (exact) mass is 361 g/mol. The van der Waals surface area contributed by atoms with E-state index in [4.69, 9.17) is 10.5 Å². The molecule has 0 saturated carbocycles. The normalized spacial score (nSPS) is 9.81. The SMILES string of the molecule is NCC#Cc1ccc(OCCSc2cccc(Br)c2)cc1. The molecule has 2 nitrogen and oxygen atoms in total. The molecule has 2 aromatic rings. The Morgan fingerprint density at radius 1 is 1.14 bits per heavy atom. The van der Waals surface area contributed by atoms with Gasteiger partial charge in [0, 0.05) is 20.7 Å². The predicted molar refractivity (Wildman–Crippen MR) is 92.7 cm³/mol. The fourth-order valence-electron chi connectivity index (χ4n) is 1.66. The van der Waals surface area contributed by atoms with Crippen molar-refractivity contribution in [1.29, 1.82) is 0 Å². The topological polar surface area (TPSA) is 35.2 Å². The summed E-state index contributed by atoms with van der Waals surface area (Å²) in [4.78, 5) is 1.24. The van der Waals surface area contributed by atoms with E-state index in [1.807, 2.05) is 36.4 Å². The zero-order chi connectivity index (χ0) is 14.9. The molecule has 0 aliphatic rings. The van der Waals surface area contributed by atoms with Gasteiger partial charge >= 0.3 is 0 Å². The summed E-state index contributed by atoms with van der Waals surface area (Å²) in [5.74, 6) is 7.59. The fraction of sp³-hybridized carbons (Fsp3) is 0.176. The second-order valence-electron chi connectivity index (χ2n) is 4.18. The molecule has 0 aliphatic carbocycles. The van der Waals surface area contributed by atoms with E-state index in [9.17, 15) is 0 Å². The summed E-state index contributed by atoms with van der Waals surface area (Å²) in [7, 11) is 0. The molecule has 0 aromatic heterocycles. The minimum atomic E-state index is 0.380. The summed E-state index contributed by atoms with van der Waals surface area (Å²) in [6.07, 6.45) is 0. The van der Waals surface area contributed by atoms with E-state index in [0.717, 1.165) is 21.5 Å². The lowest BCUT2D eigenvalue weighted by atomic mass is 10.2. The Morgan fingerprint density at radius 3 is 2.67 bits per heavy atom. The van der Waals surface area contributed by atoms with Crippen molar-refractivity contribution < 1.29 is 4.74 Å². The standard InChI is InChI=1S/C17H16BrNOS/c18-15-4-1-5-17(13-15)21-12-11-20-16-8-6-14(7-9-16)3-2-10-19/h1,4-9,13H,10-12,19H2. The molecule has 0 radical (unpaired) electrons. The van der Waals surface area contributed by atoms with Crippen LogP contribution in [0.25, 0.3) is 0 Å². The highest BCUT2D eigenvalue weighted by Gasteiger charge is 1.97. The van der Waals surface area contributed by atoms with Crippen LogP contribution in [0.15, 0.2) is 57.9 Å². The predicted octanol–water partition coefficient (Wildman–Crippen LogP) is 3.93. The van der Waals surface area contributed by atoms with Gasteiger partial charge in [0.1, 0.15) is 5.75 Å². The molecule has 0 amide bonds. The van der Waals surface area contributed by atoms with Crippen LogP contribution in [-0.2, 0) is 0 Å². The number of nitrogens with two attached hydrogens (primary N) is 1. The lowest BCUT2D eigenvalue weighted by molar-refractivity contribution is 0.344. The van der Waals surface area contributed by atoms with Gasteiger partial charge in [0.2, 0.25) is 0 Å². The van der Waals surface area contributed by atoms with Gasteiger partial charge in [-0.2, -0.15) is 0 Å². The number of hydrogen-bond acceptors (Lipinski definition) is 3. The van der Waals surface area contributed by atoms with Gasteiger partial charge in [-0.15, -0.1) is 11.8 Å². The molecule has 0 heterocycles. The number of ether oxygens (including phenoxy) is 1. The lowest BCUT2D eigenvalue weighted by Crippen LogP contribution is -1.99. The molecule has 0 aliphatic heterocycles. The highest BCUT2D eigenvalue weighted by molar-refractivity contribution is 9.10. The Morgan fingerprint density at radius 2 is 1.95 bits per heavy atom. The van der Waals surface area contributed by atoms with Crippen molar-refractivity contribution in [3.05, 3.63) is 58.6 Å². The average molecular weight is 362 g/mol. The van der Waals surface area contributed by atoms with Crippen molar-refractivity contribution in [2.24, 2.45) is 5.73 Å². The van der Waals surface area contributed by atoms with Crippen LogP contribution < -0.4 is 10.5 Å². The quantitative estimate of drug-likeness (QED) is 0.497. The van der Waals surface area contributed by atoms with Crippen molar-refractivity contribution in [1.82, 2.24) is 0 Å². The first-order chi connectivity index (χ1) is 10.3. The van der Waals surface area contributed by atoms with Crippen molar-refractivity contribution in [3.8, 4) is 17.6 Å². The summed E-state index contributed by atoms with van der Waals surface area (Å²) < 4.78 is 6.81. The second-order valence-corrected chi connectivity index (χ2v) is 6.27. The molecule has 21 heavy (non-hydrogen) atoms. The molecule has 2 N–H and O–H groups in total.